The van der Waals surface area contributed by atoms with Gasteiger partial charge in [-0.25, -0.2) is 0 Å². The first-order chi connectivity index (χ1) is 6.05. The molecule has 1 saturated heterocycles. The lowest BCUT2D eigenvalue weighted by Crippen LogP contribution is -2.51. The molecule has 0 aromatic heterocycles. The van der Waals surface area contributed by atoms with Crippen molar-refractivity contribution in [2.75, 3.05) is 6.61 Å². The smallest absolute Gasteiger partial charge is 0.0687 e. The van der Waals surface area contributed by atoms with Crippen molar-refractivity contribution in [3.05, 3.63) is 6.42 Å². The van der Waals surface area contributed by atoms with Crippen LogP contribution in [0.1, 0.15) is 46.5 Å². The summed E-state index contributed by atoms with van der Waals surface area (Å²) in [6, 6.07) is 0. The summed E-state index contributed by atoms with van der Waals surface area (Å²) in [6.07, 6.45) is 7.53. The number of ether oxygens (including phenoxy) is 1. The van der Waals surface area contributed by atoms with Crippen molar-refractivity contribution in [2.45, 2.75) is 52.1 Å². The first kappa shape index (κ1) is 9.51. The van der Waals surface area contributed by atoms with Crippen LogP contribution in [0.5, 0.6) is 0 Å². The Morgan fingerprint density at radius 2 is 2.08 bits per heavy atom. The van der Waals surface area contributed by atoms with Gasteiger partial charge < -0.3 is 4.74 Å². The molecule has 0 spiro atoms. The van der Waals surface area contributed by atoms with Crippen molar-refractivity contribution >= 4 is 0 Å². The average Bonchev–Trinajstić information content (AvgIpc) is 2.02. The minimum absolute atomic E-state index is 0.177. The van der Waals surface area contributed by atoms with Crippen LogP contribution in [0.4, 0.5) is 0 Å². The van der Waals surface area contributed by atoms with Gasteiger partial charge in [0.05, 0.1) is 5.60 Å². The van der Waals surface area contributed by atoms with E-state index in [0.29, 0.717) is 5.41 Å². The molecule has 0 aromatic rings. The predicted molar refractivity (Wildman–Crippen MR) is 54.4 cm³/mol. The standard InChI is InChI=1S/C12H21O/c1-11(2)7-5-8-12(3)10(11)6-4-9-13-12/h7,10H,4-6,8-9H2,1-3H3/t10-,12-/m0/s1. The van der Waals surface area contributed by atoms with Crippen LogP contribution >= 0.6 is 0 Å². The normalized spacial score (nSPS) is 44.1. The minimum Gasteiger partial charge on any atom is -0.375 e. The molecule has 0 amide bonds. The zero-order valence-corrected chi connectivity index (χ0v) is 9.10. The van der Waals surface area contributed by atoms with Crippen LogP contribution in [0.25, 0.3) is 0 Å². The molecule has 0 unspecified atom stereocenters. The Labute approximate surface area is 81.9 Å². The molecule has 2 fully saturated rings. The van der Waals surface area contributed by atoms with Gasteiger partial charge >= 0.3 is 0 Å². The first-order valence-corrected chi connectivity index (χ1v) is 5.53. The van der Waals surface area contributed by atoms with E-state index >= 15 is 0 Å². The van der Waals surface area contributed by atoms with Crippen molar-refractivity contribution in [1.82, 2.24) is 0 Å². The molecule has 1 nitrogen and oxygen atoms in total. The van der Waals surface area contributed by atoms with Crippen molar-refractivity contribution in [3.8, 4) is 0 Å². The molecular formula is C12H21O. The highest BCUT2D eigenvalue weighted by Crippen LogP contribution is 2.51. The lowest BCUT2D eigenvalue weighted by molar-refractivity contribution is -0.151. The second-order valence-electron chi connectivity index (χ2n) is 5.42. The minimum atomic E-state index is 0.177. The first-order valence-electron chi connectivity index (χ1n) is 5.53. The van der Waals surface area contributed by atoms with E-state index in [2.05, 4.69) is 27.2 Å². The Morgan fingerprint density at radius 3 is 2.77 bits per heavy atom. The Morgan fingerprint density at radius 1 is 1.31 bits per heavy atom. The maximum Gasteiger partial charge on any atom is 0.0687 e. The molecule has 75 valence electrons. The largest absolute Gasteiger partial charge is 0.375 e. The van der Waals surface area contributed by atoms with E-state index in [-0.39, 0.29) is 5.60 Å². The highest BCUT2D eigenvalue weighted by Gasteiger charge is 2.48. The third kappa shape index (κ3) is 1.52. The van der Waals surface area contributed by atoms with Crippen LogP contribution in [0, 0.1) is 17.8 Å². The van der Waals surface area contributed by atoms with Crippen molar-refractivity contribution < 1.29 is 4.74 Å². The van der Waals surface area contributed by atoms with Crippen LogP contribution in [-0.2, 0) is 4.74 Å². The number of hydrogen-bond acceptors (Lipinski definition) is 1. The number of hydrogen-bond donors (Lipinski definition) is 0. The zero-order chi connectivity index (χ0) is 9.53. The van der Waals surface area contributed by atoms with Crippen LogP contribution in [0.3, 0.4) is 0 Å². The molecule has 1 heterocycles. The maximum atomic E-state index is 5.98. The number of rotatable bonds is 0. The summed E-state index contributed by atoms with van der Waals surface area (Å²) in [4.78, 5) is 0. The summed E-state index contributed by atoms with van der Waals surface area (Å²) in [7, 11) is 0. The third-order valence-electron chi connectivity index (χ3n) is 4.02. The Balaban J connectivity index is 2.21. The third-order valence-corrected chi connectivity index (χ3v) is 4.02. The fourth-order valence-corrected chi connectivity index (χ4v) is 3.28. The fraction of sp³-hybridized carbons (Fsp3) is 0.917. The van der Waals surface area contributed by atoms with E-state index in [0.717, 1.165) is 12.5 Å². The Kier molecular flexibility index (Phi) is 2.18. The lowest BCUT2D eigenvalue weighted by atomic mass is 9.59. The van der Waals surface area contributed by atoms with Gasteiger partial charge in [-0.15, -0.1) is 0 Å². The van der Waals surface area contributed by atoms with Gasteiger partial charge in [-0.2, -0.15) is 0 Å². The van der Waals surface area contributed by atoms with Gasteiger partial charge in [-0.3, -0.25) is 0 Å². The highest BCUT2D eigenvalue weighted by atomic mass is 16.5. The van der Waals surface area contributed by atoms with Gasteiger partial charge in [0.15, 0.2) is 0 Å². The molecule has 0 bridgehead atoms. The molecule has 1 aliphatic carbocycles. The number of fused-ring (bicyclic) bond motifs is 1. The van der Waals surface area contributed by atoms with E-state index < -0.39 is 0 Å². The molecule has 1 radical (unpaired) electrons. The zero-order valence-electron chi connectivity index (χ0n) is 9.10. The second-order valence-corrected chi connectivity index (χ2v) is 5.42. The topological polar surface area (TPSA) is 9.23 Å². The monoisotopic (exact) mass is 181 g/mol. The molecule has 1 aliphatic heterocycles. The van der Waals surface area contributed by atoms with Crippen LogP contribution < -0.4 is 0 Å². The molecule has 2 atom stereocenters. The van der Waals surface area contributed by atoms with E-state index in [9.17, 15) is 0 Å². The van der Waals surface area contributed by atoms with Crippen LogP contribution in [0.15, 0.2) is 0 Å². The molecule has 2 rings (SSSR count). The summed E-state index contributed by atoms with van der Waals surface area (Å²) in [5, 5.41) is 0. The molecule has 13 heavy (non-hydrogen) atoms. The highest BCUT2D eigenvalue weighted by molar-refractivity contribution is 5.05. The molecular weight excluding hydrogens is 160 g/mol. The Hall–Kier alpha value is -0.0400. The van der Waals surface area contributed by atoms with Gasteiger partial charge in [-0.05, 0) is 50.4 Å². The summed E-state index contributed by atoms with van der Waals surface area (Å²) < 4.78 is 5.98. The summed E-state index contributed by atoms with van der Waals surface area (Å²) >= 11 is 0. The van der Waals surface area contributed by atoms with E-state index in [1.807, 2.05) is 0 Å². The van der Waals surface area contributed by atoms with E-state index in [1.165, 1.54) is 25.7 Å². The van der Waals surface area contributed by atoms with Crippen LogP contribution in [0.2, 0.25) is 0 Å². The van der Waals surface area contributed by atoms with Crippen molar-refractivity contribution in [1.29, 1.82) is 0 Å². The van der Waals surface area contributed by atoms with Gasteiger partial charge in [0.25, 0.3) is 0 Å². The molecule has 0 aromatic carbocycles. The molecule has 2 aliphatic rings. The summed E-state index contributed by atoms with van der Waals surface area (Å²) in [5.74, 6) is 0.738. The summed E-state index contributed by atoms with van der Waals surface area (Å²) in [6.45, 7) is 8.02. The lowest BCUT2D eigenvalue weighted by Gasteiger charge is -2.52. The maximum absolute atomic E-state index is 5.98. The molecule has 1 saturated carbocycles. The Bertz CT molecular complexity index is 193. The van der Waals surface area contributed by atoms with Crippen LogP contribution in [-0.4, -0.2) is 12.2 Å². The van der Waals surface area contributed by atoms with Gasteiger partial charge in [0.2, 0.25) is 0 Å². The van der Waals surface area contributed by atoms with Gasteiger partial charge in [0, 0.05) is 6.61 Å². The quantitative estimate of drug-likeness (QED) is 0.557. The average molecular weight is 181 g/mol. The molecule has 1 heteroatoms. The predicted octanol–water partition coefficient (Wildman–Crippen LogP) is 3.20. The molecule has 0 N–H and O–H groups in total. The van der Waals surface area contributed by atoms with Crippen molar-refractivity contribution in [2.24, 2.45) is 11.3 Å². The van der Waals surface area contributed by atoms with Gasteiger partial charge in [0.1, 0.15) is 0 Å². The second kappa shape index (κ2) is 2.98. The SMILES string of the molecule is CC1(C)[CH]CC[C@]2(C)OCCC[C@@H]12. The fourth-order valence-electron chi connectivity index (χ4n) is 3.28. The van der Waals surface area contributed by atoms with Gasteiger partial charge in [-0.1, -0.05) is 13.8 Å². The van der Waals surface area contributed by atoms with E-state index in [4.69, 9.17) is 4.74 Å². The summed E-state index contributed by atoms with van der Waals surface area (Å²) in [5.41, 5.74) is 0.559. The van der Waals surface area contributed by atoms with E-state index in [1.54, 1.807) is 0 Å². The van der Waals surface area contributed by atoms with Crippen molar-refractivity contribution in [3.63, 3.8) is 0 Å².